The maximum atomic E-state index is 12.8. The quantitative estimate of drug-likeness (QED) is 0.599. The molecule has 3 heterocycles. The minimum absolute atomic E-state index is 0.173. The zero-order valence-electron chi connectivity index (χ0n) is 17.4. The van der Waals surface area contributed by atoms with Crippen LogP contribution in [0.5, 0.6) is 0 Å². The molecule has 0 spiro atoms. The summed E-state index contributed by atoms with van der Waals surface area (Å²) in [6, 6.07) is 8.29. The second-order valence-corrected chi connectivity index (χ2v) is 9.66. The second kappa shape index (κ2) is 8.67. The first-order valence-corrected chi connectivity index (χ1v) is 11.2. The SMILES string of the molecule is Cc1nnc(-c2ccc3cnc(CC(=O)C4CCN(CC(C)C)CC4)cc3c2)s1. The molecule has 1 aliphatic heterocycles. The molecule has 0 amide bonds. The first kappa shape index (κ1) is 20.1. The number of rotatable bonds is 6. The highest BCUT2D eigenvalue weighted by molar-refractivity contribution is 7.14. The summed E-state index contributed by atoms with van der Waals surface area (Å²) < 4.78 is 0. The summed E-state index contributed by atoms with van der Waals surface area (Å²) in [6.45, 7) is 9.65. The Morgan fingerprint density at radius 3 is 2.66 bits per heavy atom. The molecule has 0 bridgehead atoms. The van der Waals surface area contributed by atoms with Crippen LogP contribution < -0.4 is 0 Å². The lowest BCUT2D eigenvalue weighted by molar-refractivity contribution is -0.123. The van der Waals surface area contributed by atoms with E-state index in [0.717, 1.165) is 64.5 Å². The number of carbonyl (C=O) groups excluding carboxylic acids is 1. The first-order chi connectivity index (χ1) is 14.0. The predicted octanol–water partition coefficient (Wildman–Crippen LogP) is 4.54. The number of benzene rings is 1. The lowest BCUT2D eigenvalue weighted by Crippen LogP contribution is -2.38. The molecule has 0 unspecified atom stereocenters. The molecule has 5 nitrogen and oxygen atoms in total. The maximum absolute atomic E-state index is 12.8. The Bertz CT molecular complexity index is 1010. The first-order valence-electron chi connectivity index (χ1n) is 10.4. The van der Waals surface area contributed by atoms with Gasteiger partial charge in [-0.25, -0.2) is 0 Å². The molecule has 4 rings (SSSR count). The highest BCUT2D eigenvalue weighted by Gasteiger charge is 2.25. The summed E-state index contributed by atoms with van der Waals surface area (Å²) >= 11 is 1.59. The van der Waals surface area contributed by atoms with E-state index in [1.165, 1.54) is 0 Å². The lowest BCUT2D eigenvalue weighted by atomic mass is 9.89. The summed E-state index contributed by atoms with van der Waals surface area (Å²) in [5.74, 6) is 1.18. The van der Waals surface area contributed by atoms with Crippen molar-refractivity contribution < 1.29 is 4.79 Å². The van der Waals surface area contributed by atoms with E-state index in [0.29, 0.717) is 18.1 Å². The van der Waals surface area contributed by atoms with Crippen LogP contribution in [0.2, 0.25) is 0 Å². The number of carbonyl (C=O) groups is 1. The van der Waals surface area contributed by atoms with Gasteiger partial charge in [0.1, 0.15) is 15.8 Å². The zero-order chi connectivity index (χ0) is 20.4. The zero-order valence-corrected chi connectivity index (χ0v) is 18.2. The number of Topliss-reactive ketones (excluding diaryl/α,β-unsaturated/α-hetero) is 1. The van der Waals surface area contributed by atoms with Crippen LogP contribution in [0.25, 0.3) is 21.3 Å². The van der Waals surface area contributed by atoms with Crippen LogP contribution in [0.1, 0.15) is 37.4 Å². The molecule has 29 heavy (non-hydrogen) atoms. The number of ketones is 1. The van der Waals surface area contributed by atoms with Crippen molar-refractivity contribution in [2.24, 2.45) is 11.8 Å². The Labute approximate surface area is 176 Å². The van der Waals surface area contributed by atoms with E-state index in [2.05, 4.69) is 58.2 Å². The maximum Gasteiger partial charge on any atom is 0.147 e. The molecule has 2 aromatic heterocycles. The summed E-state index contributed by atoms with van der Waals surface area (Å²) in [6.07, 6.45) is 4.24. The summed E-state index contributed by atoms with van der Waals surface area (Å²) in [5, 5.41) is 12.4. The number of piperidine rings is 1. The largest absolute Gasteiger partial charge is 0.303 e. The van der Waals surface area contributed by atoms with Gasteiger partial charge in [0.25, 0.3) is 0 Å². The van der Waals surface area contributed by atoms with Crippen molar-refractivity contribution in [3.63, 3.8) is 0 Å². The van der Waals surface area contributed by atoms with E-state index in [1.54, 1.807) is 11.3 Å². The Kier molecular flexibility index (Phi) is 6.01. The molecule has 0 atom stereocenters. The molecule has 1 saturated heterocycles. The smallest absolute Gasteiger partial charge is 0.147 e. The molecule has 3 aromatic rings. The minimum Gasteiger partial charge on any atom is -0.303 e. The Morgan fingerprint density at radius 1 is 1.17 bits per heavy atom. The van der Waals surface area contributed by atoms with E-state index in [-0.39, 0.29) is 5.92 Å². The van der Waals surface area contributed by atoms with Crippen LogP contribution in [-0.2, 0) is 11.2 Å². The second-order valence-electron chi connectivity index (χ2n) is 8.48. The van der Waals surface area contributed by atoms with Crippen molar-refractivity contribution in [3.05, 3.63) is 41.2 Å². The fraction of sp³-hybridized carbons (Fsp3) is 0.478. The summed E-state index contributed by atoms with van der Waals surface area (Å²) in [5.41, 5.74) is 1.92. The molecule has 0 saturated carbocycles. The molecule has 0 aliphatic carbocycles. The number of aromatic nitrogens is 3. The highest BCUT2D eigenvalue weighted by atomic mass is 32.1. The number of nitrogens with zero attached hydrogens (tertiary/aromatic N) is 4. The van der Waals surface area contributed by atoms with Gasteiger partial charge >= 0.3 is 0 Å². The van der Waals surface area contributed by atoms with Crippen molar-refractivity contribution >= 4 is 27.9 Å². The van der Waals surface area contributed by atoms with Gasteiger partial charge in [-0.05, 0) is 56.3 Å². The number of likely N-dealkylation sites (tertiary alicyclic amines) is 1. The van der Waals surface area contributed by atoms with Crippen LogP contribution in [0.4, 0.5) is 0 Å². The van der Waals surface area contributed by atoms with Crippen molar-refractivity contribution in [1.82, 2.24) is 20.1 Å². The average molecular weight is 409 g/mol. The third-order valence-corrected chi connectivity index (χ3v) is 6.46. The van der Waals surface area contributed by atoms with Gasteiger partial charge in [-0.3, -0.25) is 9.78 Å². The summed E-state index contributed by atoms with van der Waals surface area (Å²) in [4.78, 5) is 19.9. The number of aryl methyl sites for hydroxylation is 1. The van der Waals surface area contributed by atoms with Gasteiger partial charge in [-0.1, -0.05) is 37.3 Å². The molecule has 1 aliphatic rings. The lowest BCUT2D eigenvalue weighted by Gasteiger charge is -2.32. The monoisotopic (exact) mass is 408 g/mol. The van der Waals surface area contributed by atoms with Crippen molar-refractivity contribution in [3.8, 4) is 10.6 Å². The topological polar surface area (TPSA) is 59.0 Å². The molecular formula is C23H28N4OS. The van der Waals surface area contributed by atoms with Crippen molar-refractivity contribution in [1.29, 1.82) is 0 Å². The number of pyridine rings is 1. The molecule has 1 fully saturated rings. The Hall–Kier alpha value is -2.18. The third kappa shape index (κ3) is 4.87. The van der Waals surface area contributed by atoms with Crippen LogP contribution in [-0.4, -0.2) is 45.5 Å². The fourth-order valence-electron chi connectivity index (χ4n) is 4.11. The van der Waals surface area contributed by atoms with Crippen LogP contribution in [0.15, 0.2) is 30.5 Å². The highest BCUT2D eigenvalue weighted by Crippen LogP contribution is 2.27. The molecule has 6 heteroatoms. The van der Waals surface area contributed by atoms with Gasteiger partial charge in [0.05, 0.1) is 0 Å². The predicted molar refractivity (Wildman–Crippen MR) is 118 cm³/mol. The van der Waals surface area contributed by atoms with E-state index in [4.69, 9.17) is 0 Å². The number of hydrogen-bond acceptors (Lipinski definition) is 6. The van der Waals surface area contributed by atoms with Crippen molar-refractivity contribution in [2.75, 3.05) is 19.6 Å². The van der Waals surface area contributed by atoms with E-state index in [9.17, 15) is 4.79 Å². The molecule has 1 aromatic carbocycles. The molecule has 152 valence electrons. The third-order valence-electron chi connectivity index (χ3n) is 5.57. The minimum atomic E-state index is 0.173. The Balaban J connectivity index is 1.44. The van der Waals surface area contributed by atoms with Crippen molar-refractivity contribution in [2.45, 2.75) is 40.0 Å². The average Bonchev–Trinajstić information content (AvgIpc) is 3.14. The summed E-state index contributed by atoms with van der Waals surface area (Å²) in [7, 11) is 0. The normalized spacial score (nSPS) is 16.0. The van der Waals surface area contributed by atoms with Crippen LogP contribution >= 0.6 is 11.3 Å². The van der Waals surface area contributed by atoms with Gasteiger partial charge < -0.3 is 4.90 Å². The van der Waals surface area contributed by atoms with Gasteiger partial charge in [0, 0.05) is 41.7 Å². The molecule has 0 N–H and O–H groups in total. The van der Waals surface area contributed by atoms with E-state index < -0.39 is 0 Å². The van der Waals surface area contributed by atoms with Gasteiger partial charge in [-0.15, -0.1) is 10.2 Å². The number of hydrogen-bond donors (Lipinski definition) is 0. The van der Waals surface area contributed by atoms with Gasteiger partial charge in [-0.2, -0.15) is 0 Å². The van der Waals surface area contributed by atoms with Crippen LogP contribution in [0, 0.1) is 18.8 Å². The Morgan fingerprint density at radius 2 is 1.97 bits per heavy atom. The molecule has 0 radical (unpaired) electrons. The number of fused-ring (bicyclic) bond motifs is 1. The standard InChI is InChI=1S/C23H28N4OS/c1-15(2)14-27-8-6-17(7-9-27)22(28)12-21-11-20-10-18(4-5-19(20)13-24-21)23-26-25-16(3)29-23/h4-5,10-11,13,15,17H,6-9,12,14H2,1-3H3. The van der Waals surface area contributed by atoms with Crippen LogP contribution in [0.3, 0.4) is 0 Å². The van der Waals surface area contributed by atoms with Gasteiger partial charge in [0.2, 0.25) is 0 Å². The van der Waals surface area contributed by atoms with Gasteiger partial charge in [0.15, 0.2) is 0 Å². The van der Waals surface area contributed by atoms with E-state index >= 15 is 0 Å². The molecular weight excluding hydrogens is 380 g/mol. The fourth-order valence-corrected chi connectivity index (χ4v) is 4.79. The van der Waals surface area contributed by atoms with E-state index in [1.807, 2.05) is 13.1 Å².